The minimum atomic E-state index is -0.0387. The van der Waals surface area contributed by atoms with Crippen LogP contribution in [0.5, 0.6) is 5.75 Å². The van der Waals surface area contributed by atoms with Gasteiger partial charge in [0.2, 0.25) is 0 Å². The maximum atomic E-state index is 6.16. The van der Waals surface area contributed by atoms with Crippen LogP contribution in [0.15, 0.2) is 18.2 Å². The van der Waals surface area contributed by atoms with Crippen molar-refractivity contribution in [2.75, 3.05) is 6.54 Å². The zero-order valence-electron chi connectivity index (χ0n) is 13.3. The molecule has 2 nitrogen and oxygen atoms in total. The van der Waals surface area contributed by atoms with Crippen LogP contribution in [-0.2, 0) is 13.0 Å². The summed E-state index contributed by atoms with van der Waals surface area (Å²) in [6.07, 6.45) is 6.92. The fourth-order valence-corrected chi connectivity index (χ4v) is 3.96. The van der Waals surface area contributed by atoms with Crippen molar-refractivity contribution < 1.29 is 4.74 Å². The molecule has 2 heteroatoms. The lowest BCUT2D eigenvalue weighted by atomic mass is 9.97. The van der Waals surface area contributed by atoms with Crippen molar-refractivity contribution >= 4 is 0 Å². The minimum Gasteiger partial charge on any atom is -0.487 e. The van der Waals surface area contributed by atoms with E-state index >= 15 is 0 Å². The predicted octanol–water partition coefficient (Wildman–Crippen LogP) is 3.93. The molecule has 1 aromatic carbocycles. The lowest BCUT2D eigenvalue weighted by Gasteiger charge is -2.19. The largest absolute Gasteiger partial charge is 0.487 e. The third-order valence-corrected chi connectivity index (χ3v) is 5.32. The average Bonchev–Trinajstić information content (AvgIpc) is 3.32. The molecule has 2 saturated carbocycles. The first-order valence-corrected chi connectivity index (χ1v) is 8.63. The number of hydrogen-bond acceptors (Lipinski definition) is 2. The van der Waals surface area contributed by atoms with E-state index in [9.17, 15) is 0 Å². The van der Waals surface area contributed by atoms with Crippen LogP contribution < -0.4 is 10.1 Å². The Kier molecular flexibility index (Phi) is 3.25. The van der Waals surface area contributed by atoms with Gasteiger partial charge in [0.1, 0.15) is 11.4 Å². The number of rotatable bonds is 6. The van der Waals surface area contributed by atoms with Crippen molar-refractivity contribution in [3.8, 4) is 5.75 Å². The maximum absolute atomic E-state index is 6.16. The van der Waals surface area contributed by atoms with E-state index in [0.29, 0.717) is 0 Å². The van der Waals surface area contributed by atoms with Gasteiger partial charge in [-0.15, -0.1) is 0 Å². The Bertz CT molecular complexity index is 516. The first kappa shape index (κ1) is 13.6. The normalized spacial score (nSPS) is 23.2. The highest BCUT2D eigenvalue weighted by atomic mass is 16.5. The molecule has 2 aliphatic carbocycles. The van der Waals surface area contributed by atoms with Crippen LogP contribution in [0.1, 0.15) is 50.7 Å². The molecule has 0 saturated heterocycles. The van der Waals surface area contributed by atoms with Gasteiger partial charge >= 0.3 is 0 Å². The highest BCUT2D eigenvalue weighted by Gasteiger charge is 2.40. The van der Waals surface area contributed by atoms with E-state index < -0.39 is 0 Å². The van der Waals surface area contributed by atoms with Crippen molar-refractivity contribution in [3.63, 3.8) is 0 Å². The van der Waals surface area contributed by atoms with Gasteiger partial charge in [-0.3, -0.25) is 0 Å². The number of nitrogens with one attached hydrogen (secondary N) is 1. The lowest BCUT2D eigenvalue weighted by Crippen LogP contribution is -2.26. The third kappa shape index (κ3) is 2.96. The molecule has 3 aliphatic rings. The molecule has 1 aliphatic heterocycles. The molecule has 0 unspecified atom stereocenters. The van der Waals surface area contributed by atoms with Gasteiger partial charge in [0.15, 0.2) is 0 Å². The SMILES string of the molecule is CC1(C)Cc2cccc(CNCC(C3CC3)C3CC3)c2O1. The Balaban J connectivity index is 1.38. The third-order valence-electron chi connectivity index (χ3n) is 5.32. The van der Waals surface area contributed by atoms with Crippen LogP contribution in [0.2, 0.25) is 0 Å². The molecule has 1 N–H and O–H groups in total. The van der Waals surface area contributed by atoms with E-state index in [1.807, 2.05) is 0 Å². The molecule has 0 atom stereocenters. The molecule has 0 amide bonds. The quantitative estimate of drug-likeness (QED) is 0.855. The van der Waals surface area contributed by atoms with Crippen molar-refractivity contribution in [2.45, 2.75) is 58.1 Å². The second-order valence-electron chi connectivity index (χ2n) is 7.91. The molecule has 21 heavy (non-hydrogen) atoms. The summed E-state index contributed by atoms with van der Waals surface area (Å²) >= 11 is 0. The van der Waals surface area contributed by atoms with Crippen LogP contribution in [0.3, 0.4) is 0 Å². The molecule has 1 aromatic rings. The highest BCUT2D eigenvalue weighted by molar-refractivity contribution is 5.45. The van der Waals surface area contributed by atoms with Gasteiger partial charge in [0, 0.05) is 18.5 Å². The molecule has 114 valence electrons. The van der Waals surface area contributed by atoms with Crippen LogP contribution in [0.4, 0.5) is 0 Å². The second kappa shape index (κ2) is 5.01. The summed E-state index contributed by atoms with van der Waals surface area (Å²) in [6.45, 7) is 6.51. The van der Waals surface area contributed by atoms with E-state index in [4.69, 9.17) is 4.74 Å². The molecule has 0 spiro atoms. The Morgan fingerprint density at radius 2 is 1.90 bits per heavy atom. The van der Waals surface area contributed by atoms with E-state index in [1.165, 1.54) is 43.4 Å². The summed E-state index contributed by atoms with van der Waals surface area (Å²) in [5.74, 6) is 4.15. The van der Waals surface area contributed by atoms with Gasteiger partial charge < -0.3 is 10.1 Å². The molecule has 2 fully saturated rings. The molecular weight excluding hydrogens is 258 g/mol. The molecule has 4 rings (SSSR count). The monoisotopic (exact) mass is 285 g/mol. The standard InChI is InChI=1S/C19H27NO/c1-19(2)10-15-4-3-5-16(18(15)21-19)11-20-12-17(13-6-7-13)14-8-9-14/h3-5,13-14,17,20H,6-12H2,1-2H3. The fourth-order valence-electron chi connectivity index (χ4n) is 3.96. The van der Waals surface area contributed by atoms with E-state index in [1.54, 1.807) is 0 Å². The lowest BCUT2D eigenvalue weighted by molar-refractivity contribution is 0.137. The van der Waals surface area contributed by atoms with Crippen LogP contribution >= 0.6 is 0 Å². The fraction of sp³-hybridized carbons (Fsp3) is 0.684. The average molecular weight is 285 g/mol. The molecule has 1 heterocycles. The van der Waals surface area contributed by atoms with Crippen molar-refractivity contribution in [3.05, 3.63) is 29.3 Å². The van der Waals surface area contributed by atoms with Crippen molar-refractivity contribution in [1.29, 1.82) is 0 Å². The zero-order valence-corrected chi connectivity index (χ0v) is 13.3. The van der Waals surface area contributed by atoms with Crippen LogP contribution in [0.25, 0.3) is 0 Å². The van der Waals surface area contributed by atoms with Gasteiger partial charge in [-0.2, -0.15) is 0 Å². The summed E-state index contributed by atoms with van der Waals surface area (Å²) in [4.78, 5) is 0. The van der Waals surface area contributed by atoms with Gasteiger partial charge in [-0.05, 0) is 69.4 Å². The number of hydrogen-bond donors (Lipinski definition) is 1. The number of benzene rings is 1. The second-order valence-corrected chi connectivity index (χ2v) is 7.91. The summed E-state index contributed by atoms with van der Waals surface area (Å²) in [6, 6.07) is 6.61. The van der Waals surface area contributed by atoms with Crippen LogP contribution in [-0.4, -0.2) is 12.1 Å². The summed E-state index contributed by atoms with van der Waals surface area (Å²) in [5.41, 5.74) is 2.67. The Morgan fingerprint density at radius 1 is 1.19 bits per heavy atom. The topological polar surface area (TPSA) is 21.3 Å². The maximum Gasteiger partial charge on any atom is 0.127 e. The van der Waals surface area contributed by atoms with Gasteiger partial charge in [0.05, 0.1) is 0 Å². The Hall–Kier alpha value is -1.02. The minimum absolute atomic E-state index is 0.0387. The molecular formula is C19H27NO. The van der Waals surface area contributed by atoms with Gasteiger partial charge in [0.25, 0.3) is 0 Å². The summed E-state index contributed by atoms with van der Waals surface area (Å²) in [7, 11) is 0. The molecule has 0 radical (unpaired) electrons. The van der Waals surface area contributed by atoms with Crippen LogP contribution in [0, 0.1) is 17.8 Å². The highest BCUT2D eigenvalue weighted by Crippen LogP contribution is 2.48. The summed E-state index contributed by atoms with van der Waals surface area (Å²) in [5, 5.41) is 3.72. The van der Waals surface area contributed by atoms with Gasteiger partial charge in [-0.1, -0.05) is 18.2 Å². The van der Waals surface area contributed by atoms with E-state index in [-0.39, 0.29) is 5.60 Å². The van der Waals surface area contributed by atoms with E-state index in [2.05, 4.69) is 37.4 Å². The first-order valence-electron chi connectivity index (χ1n) is 8.63. The zero-order chi connectivity index (χ0) is 14.4. The number of para-hydroxylation sites is 1. The Labute approximate surface area is 128 Å². The Morgan fingerprint density at radius 3 is 2.57 bits per heavy atom. The molecule has 0 aromatic heterocycles. The first-order chi connectivity index (χ1) is 10.1. The van der Waals surface area contributed by atoms with Crippen molar-refractivity contribution in [2.24, 2.45) is 17.8 Å². The van der Waals surface area contributed by atoms with E-state index in [0.717, 1.165) is 36.5 Å². The van der Waals surface area contributed by atoms with Crippen molar-refractivity contribution in [1.82, 2.24) is 5.32 Å². The van der Waals surface area contributed by atoms with Gasteiger partial charge in [-0.25, -0.2) is 0 Å². The number of fused-ring (bicyclic) bond motifs is 1. The number of ether oxygens (including phenoxy) is 1. The predicted molar refractivity (Wildman–Crippen MR) is 85.5 cm³/mol. The summed E-state index contributed by atoms with van der Waals surface area (Å²) < 4.78 is 6.16. The smallest absolute Gasteiger partial charge is 0.127 e. The molecule has 0 bridgehead atoms.